The molecule has 3 aromatic rings. The van der Waals surface area contributed by atoms with Crippen LogP contribution in [0.5, 0.6) is 11.5 Å². The molecule has 0 saturated carbocycles. The van der Waals surface area contributed by atoms with Crippen molar-refractivity contribution in [3.8, 4) is 17.2 Å². The zero-order valence-electron chi connectivity index (χ0n) is 15.3. The SMILES string of the molecule is COc1ccccc1-n1cc(C(C)NC(=O)c2cc(O)cc(C(=O)O)c2)cn1. The van der Waals surface area contributed by atoms with Crippen molar-refractivity contribution in [2.45, 2.75) is 13.0 Å². The molecule has 0 saturated heterocycles. The Balaban J connectivity index is 1.79. The fraction of sp³-hybridized carbons (Fsp3) is 0.150. The molecule has 1 amide bonds. The third kappa shape index (κ3) is 3.96. The number of carboxylic acid groups (broad SMARTS) is 1. The molecule has 28 heavy (non-hydrogen) atoms. The third-order valence-electron chi connectivity index (χ3n) is 4.21. The molecule has 0 aliphatic rings. The van der Waals surface area contributed by atoms with Crippen LogP contribution in [0.25, 0.3) is 5.69 Å². The number of para-hydroxylation sites is 2. The number of aromatic hydroxyl groups is 1. The van der Waals surface area contributed by atoms with Gasteiger partial charge in [-0.05, 0) is 37.3 Å². The smallest absolute Gasteiger partial charge is 0.335 e. The van der Waals surface area contributed by atoms with Crippen LogP contribution in [-0.4, -0.2) is 39.0 Å². The molecule has 0 spiro atoms. The second-order valence-corrected chi connectivity index (χ2v) is 6.16. The van der Waals surface area contributed by atoms with Crippen LogP contribution in [0.15, 0.2) is 54.9 Å². The monoisotopic (exact) mass is 381 g/mol. The van der Waals surface area contributed by atoms with E-state index in [2.05, 4.69) is 10.4 Å². The van der Waals surface area contributed by atoms with E-state index in [1.807, 2.05) is 24.3 Å². The molecule has 0 radical (unpaired) electrons. The van der Waals surface area contributed by atoms with Crippen molar-refractivity contribution in [2.75, 3.05) is 7.11 Å². The minimum absolute atomic E-state index is 0.0568. The Kier molecular flexibility index (Phi) is 5.30. The second kappa shape index (κ2) is 7.83. The Hall–Kier alpha value is -3.81. The van der Waals surface area contributed by atoms with E-state index in [0.29, 0.717) is 5.75 Å². The van der Waals surface area contributed by atoms with E-state index >= 15 is 0 Å². The Morgan fingerprint density at radius 2 is 1.89 bits per heavy atom. The number of phenols is 1. The van der Waals surface area contributed by atoms with Gasteiger partial charge in [-0.25, -0.2) is 9.48 Å². The number of aromatic nitrogens is 2. The molecule has 2 aromatic carbocycles. The lowest BCUT2D eigenvalue weighted by Gasteiger charge is -2.13. The van der Waals surface area contributed by atoms with Gasteiger partial charge in [0.25, 0.3) is 5.91 Å². The van der Waals surface area contributed by atoms with Crippen LogP contribution in [0.4, 0.5) is 0 Å². The molecule has 3 N–H and O–H groups in total. The number of nitrogens with zero attached hydrogens (tertiary/aromatic N) is 2. The Labute approximate surface area is 161 Å². The Morgan fingerprint density at radius 1 is 1.18 bits per heavy atom. The highest BCUT2D eigenvalue weighted by Crippen LogP contribution is 2.23. The lowest BCUT2D eigenvalue weighted by atomic mass is 10.1. The average Bonchev–Trinajstić information content (AvgIpc) is 3.17. The van der Waals surface area contributed by atoms with Gasteiger partial charge < -0.3 is 20.3 Å². The van der Waals surface area contributed by atoms with Gasteiger partial charge in [0.15, 0.2) is 0 Å². The number of aromatic carboxylic acids is 1. The highest BCUT2D eigenvalue weighted by Gasteiger charge is 2.17. The molecule has 1 heterocycles. The van der Waals surface area contributed by atoms with Crippen LogP contribution in [0, 0.1) is 0 Å². The summed E-state index contributed by atoms with van der Waals surface area (Å²) in [6.07, 6.45) is 3.40. The largest absolute Gasteiger partial charge is 0.508 e. The third-order valence-corrected chi connectivity index (χ3v) is 4.21. The minimum atomic E-state index is -1.23. The summed E-state index contributed by atoms with van der Waals surface area (Å²) >= 11 is 0. The van der Waals surface area contributed by atoms with Gasteiger partial charge in [0.1, 0.15) is 17.2 Å². The van der Waals surface area contributed by atoms with Gasteiger partial charge >= 0.3 is 5.97 Å². The summed E-state index contributed by atoms with van der Waals surface area (Å²) in [5.74, 6) is -1.36. The van der Waals surface area contributed by atoms with Crippen molar-refractivity contribution in [3.63, 3.8) is 0 Å². The fourth-order valence-electron chi connectivity index (χ4n) is 2.74. The number of amides is 1. The summed E-state index contributed by atoms with van der Waals surface area (Å²) in [6, 6.07) is 10.5. The first kappa shape index (κ1) is 19.0. The molecule has 3 rings (SSSR count). The van der Waals surface area contributed by atoms with Gasteiger partial charge in [-0.1, -0.05) is 12.1 Å². The van der Waals surface area contributed by atoms with Gasteiger partial charge in [-0.15, -0.1) is 0 Å². The number of hydrogen-bond donors (Lipinski definition) is 3. The highest BCUT2D eigenvalue weighted by molar-refractivity contribution is 5.98. The predicted molar refractivity (Wildman–Crippen MR) is 101 cm³/mol. The predicted octanol–water partition coefficient (Wildman–Crippen LogP) is 2.78. The lowest BCUT2D eigenvalue weighted by Crippen LogP contribution is -2.26. The summed E-state index contributed by atoms with van der Waals surface area (Å²) in [7, 11) is 1.58. The van der Waals surface area contributed by atoms with Crippen LogP contribution >= 0.6 is 0 Å². The van der Waals surface area contributed by atoms with E-state index < -0.39 is 17.9 Å². The number of carboxylic acids is 1. The number of methoxy groups -OCH3 is 1. The van der Waals surface area contributed by atoms with Gasteiger partial charge in [-0.2, -0.15) is 5.10 Å². The fourth-order valence-corrected chi connectivity index (χ4v) is 2.74. The first-order chi connectivity index (χ1) is 13.4. The van der Waals surface area contributed by atoms with Crippen LogP contribution in [0.2, 0.25) is 0 Å². The van der Waals surface area contributed by atoms with Crippen LogP contribution in [0.1, 0.15) is 39.2 Å². The van der Waals surface area contributed by atoms with Crippen molar-refractivity contribution >= 4 is 11.9 Å². The van der Waals surface area contributed by atoms with Crippen LogP contribution in [-0.2, 0) is 0 Å². The first-order valence-corrected chi connectivity index (χ1v) is 8.45. The number of ether oxygens (including phenoxy) is 1. The summed E-state index contributed by atoms with van der Waals surface area (Å²) < 4.78 is 6.98. The Morgan fingerprint density at radius 3 is 2.61 bits per heavy atom. The molecule has 144 valence electrons. The van der Waals surface area contributed by atoms with Gasteiger partial charge in [0, 0.05) is 17.3 Å². The zero-order valence-corrected chi connectivity index (χ0v) is 15.3. The maximum absolute atomic E-state index is 12.5. The molecule has 1 aromatic heterocycles. The molecule has 8 heteroatoms. The molecular weight excluding hydrogens is 362 g/mol. The topological polar surface area (TPSA) is 114 Å². The molecular formula is C20H19N3O5. The minimum Gasteiger partial charge on any atom is -0.508 e. The Bertz CT molecular complexity index is 1030. The molecule has 1 unspecified atom stereocenters. The van der Waals surface area contributed by atoms with Gasteiger partial charge in [-0.3, -0.25) is 4.79 Å². The molecule has 8 nitrogen and oxygen atoms in total. The van der Waals surface area contributed by atoms with Crippen molar-refractivity contribution in [1.29, 1.82) is 0 Å². The summed E-state index contributed by atoms with van der Waals surface area (Å²) in [5, 5.41) is 25.8. The highest BCUT2D eigenvalue weighted by atomic mass is 16.5. The van der Waals surface area contributed by atoms with Crippen LogP contribution < -0.4 is 10.1 Å². The zero-order chi connectivity index (χ0) is 20.3. The number of carbonyl (C=O) groups is 2. The molecule has 0 fully saturated rings. The molecule has 1 atom stereocenters. The van der Waals surface area contributed by atoms with E-state index in [-0.39, 0.29) is 16.9 Å². The first-order valence-electron chi connectivity index (χ1n) is 8.45. The quantitative estimate of drug-likeness (QED) is 0.605. The van der Waals surface area contributed by atoms with Crippen molar-refractivity contribution in [1.82, 2.24) is 15.1 Å². The molecule has 0 aliphatic heterocycles. The van der Waals surface area contributed by atoms with E-state index in [0.717, 1.165) is 17.3 Å². The number of nitrogens with one attached hydrogen (secondary N) is 1. The summed E-state index contributed by atoms with van der Waals surface area (Å²) in [4.78, 5) is 23.6. The number of hydrogen-bond acceptors (Lipinski definition) is 5. The number of phenolic OH excluding ortho intramolecular Hbond substituents is 1. The standard InChI is InChI=1S/C20H19N3O5/c1-12(22-19(25)13-7-14(20(26)27)9-16(24)8-13)15-10-21-23(11-15)17-5-3-4-6-18(17)28-2/h3-12,24H,1-2H3,(H,22,25)(H,26,27). The maximum Gasteiger partial charge on any atom is 0.335 e. The number of benzene rings is 2. The average molecular weight is 381 g/mol. The lowest BCUT2D eigenvalue weighted by molar-refractivity contribution is 0.0696. The molecule has 0 bridgehead atoms. The van der Waals surface area contributed by atoms with Gasteiger partial charge in [0.05, 0.1) is 24.9 Å². The number of rotatable bonds is 6. The van der Waals surface area contributed by atoms with E-state index in [9.17, 15) is 14.7 Å². The van der Waals surface area contributed by atoms with E-state index in [4.69, 9.17) is 9.84 Å². The second-order valence-electron chi connectivity index (χ2n) is 6.16. The number of carbonyl (C=O) groups excluding carboxylic acids is 1. The van der Waals surface area contributed by atoms with Crippen molar-refractivity contribution < 1.29 is 24.5 Å². The van der Waals surface area contributed by atoms with Gasteiger partial charge in [0.2, 0.25) is 0 Å². The van der Waals surface area contributed by atoms with E-state index in [1.165, 1.54) is 12.1 Å². The maximum atomic E-state index is 12.5. The van der Waals surface area contributed by atoms with Crippen LogP contribution in [0.3, 0.4) is 0 Å². The van der Waals surface area contributed by atoms with Crippen molar-refractivity contribution in [3.05, 3.63) is 71.5 Å². The van der Waals surface area contributed by atoms with Crippen molar-refractivity contribution in [2.24, 2.45) is 0 Å². The normalized spacial score (nSPS) is 11.6. The molecule has 0 aliphatic carbocycles. The summed E-state index contributed by atoms with van der Waals surface area (Å²) in [6.45, 7) is 1.78. The van der Waals surface area contributed by atoms with E-state index in [1.54, 1.807) is 31.1 Å². The summed E-state index contributed by atoms with van der Waals surface area (Å²) in [5.41, 5.74) is 1.40.